The number of aryl methyl sites for hydroxylation is 1. The van der Waals surface area contributed by atoms with E-state index in [1.807, 2.05) is 18.2 Å². The molecule has 0 spiro atoms. The van der Waals surface area contributed by atoms with Crippen LogP contribution in [0.4, 0.5) is 18.9 Å². The molecule has 2 N–H and O–H groups in total. The number of nitrogens with zero attached hydrogens (tertiary/aromatic N) is 2. The zero-order valence-corrected chi connectivity index (χ0v) is 12.3. The van der Waals surface area contributed by atoms with Gasteiger partial charge in [0, 0.05) is 38.3 Å². The molecule has 1 amide bonds. The molecule has 1 aromatic rings. The van der Waals surface area contributed by atoms with E-state index in [9.17, 15) is 18.0 Å². The lowest BCUT2D eigenvalue weighted by atomic mass is 10.1. The Bertz CT molecular complexity index is 511. The Morgan fingerprint density at radius 2 is 1.77 bits per heavy atom. The predicted octanol–water partition coefficient (Wildman–Crippen LogP) is 1.91. The van der Waals surface area contributed by atoms with E-state index in [-0.39, 0.29) is 19.0 Å². The minimum atomic E-state index is -4.18. The zero-order chi connectivity index (χ0) is 16.2. The topological polar surface area (TPSA) is 49.6 Å². The first-order valence-electron chi connectivity index (χ1n) is 7.25. The van der Waals surface area contributed by atoms with E-state index in [4.69, 9.17) is 5.73 Å². The lowest BCUT2D eigenvalue weighted by molar-refractivity contribution is -0.151. The van der Waals surface area contributed by atoms with E-state index in [2.05, 4.69) is 0 Å². The molecule has 1 aromatic carbocycles. The monoisotopic (exact) mass is 315 g/mol. The number of carbonyl (C=O) groups is 1. The van der Waals surface area contributed by atoms with Crippen molar-refractivity contribution in [3.63, 3.8) is 0 Å². The van der Waals surface area contributed by atoms with Crippen LogP contribution in [0, 0.1) is 0 Å². The summed E-state index contributed by atoms with van der Waals surface area (Å²) in [5.74, 6) is -0.0325. The van der Waals surface area contributed by atoms with Gasteiger partial charge >= 0.3 is 6.18 Å². The average molecular weight is 315 g/mol. The fraction of sp³-hybridized carbons (Fsp3) is 0.533. The number of hydrogen-bond donors (Lipinski definition) is 1. The normalized spacial score (nSPS) is 16.8. The Morgan fingerprint density at radius 3 is 2.36 bits per heavy atom. The predicted molar refractivity (Wildman–Crippen MR) is 78.3 cm³/mol. The fourth-order valence-electron chi connectivity index (χ4n) is 2.57. The molecule has 22 heavy (non-hydrogen) atoms. The number of para-hydroxylation sites is 1. The molecule has 1 aliphatic rings. The van der Waals surface area contributed by atoms with Crippen molar-refractivity contribution >= 4 is 11.6 Å². The molecule has 7 heteroatoms. The minimum Gasteiger partial charge on any atom is -0.399 e. The van der Waals surface area contributed by atoms with E-state index >= 15 is 0 Å². The Hall–Kier alpha value is -1.76. The summed E-state index contributed by atoms with van der Waals surface area (Å²) < 4.78 is 36.9. The number of nitrogens with two attached hydrogens (primary N) is 1. The molecule has 1 fully saturated rings. The van der Waals surface area contributed by atoms with Crippen LogP contribution in [0.1, 0.15) is 12.0 Å². The lowest BCUT2D eigenvalue weighted by Gasteiger charge is -2.35. The van der Waals surface area contributed by atoms with Gasteiger partial charge in [0.15, 0.2) is 0 Å². The summed E-state index contributed by atoms with van der Waals surface area (Å²) >= 11 is 0. The van der Waals surface area contributed by atoms with Gasteiger partial charge in [-0.3, -0.25) is 9.69 Å². The average Bonchev–Trinajstić information content (AvgIpc) is 2.45. The number of halogens is 3. The highest BCUT2D eigenvalue weighted by atomic mass is 19.4. The van der Waals surface area contributed by atoms with Gasteiger partial charge in [-0.25, -0.2) is 0 Å². The van der Waals surface area contributed by atoms with Crippen LogP contribution in [0.2, 0.25) is 0 Å². The number of anilines is 1. The van der Waals surface area contributed by atoms with Crippen LogP contribution < -0.4 is 5.73 Å². The second-order valence-electron chi connectivity index (χ2n) is 5.47. The molecule has 0 saturated carbocycles. The van der Waals surface area contributed by atoms with Crippen molar-refractivity contribution in [2.75, 3.05) is 38.5 Å². The van der Waals surface area contributed by atoms with Crippen LogP contribution in [0.25, 0.3) is 0 Å². The van der Waals surface area contributed by atoms with E-state index < -0.39 is 12.7 Å². The molecular weight excluding hydrogens is 295 g/mol. The quantitative estimate of drug-likeness (QED) is 0.864. The molecule has 0 atom stereocenters. The molecule has 4 nitrogen and oxygen atoms in total. The molecule has 122 valence electrons. The Balaban J connectivity index is 1.77. The molecule has 2 rings (SSSR count). The Morgan fingerprint density at radius 1 is 1.14 bits per heavy atom. The third kappa shape index (κ3) is 4.91. The highest BCUT2D eigenvalue weighted by Crippen LogP contribution is 2.18. The molecular formula is C15H20F3N3O. The standard InChI is InChI=1S/C15H20F3N3O/c16-15(17,18)11-20-7-9-21(10-8-20)14(22)6-5-12-3-1-2-4-13(12)19/h1-4H,5-11,19H2. The molecule has 0 unspecified atom stereocenters. The highest BCUT2D eigenvalue weighted by molar-refractivity contribution is 5.76. The summed E-state index contributed by atoms with van der Waals surface area (Å²) in [6.07, 6.45) is -3.31. The van der Waals surface area contributed by atoms with Crippen molar-refractivity contribution in [3.05, 3.63) is 29.8 Å². The molecule has 1 heterocycles. The smallest absolute Gasteiger partial charge is 0.399 e. The van der Waals surface area contributed by atoms with Crippen molar-refractivity contribution < 1.29 is 18.0 Å². The summed E-state index contributed by atoms with van der Waals surface area (Å²) in [5.41, 5.74) is 7.40. The van der Waals surface area contributed by atoms with Gasteiger partial charge in [-0.05, 0) is 18.1 Å². The van der Waals surface area contributed by atoms with E-state index in [0.29, 0.717) is 31.6 Å². The maximum absolute atomic E-state index is 12.3. The highest BCUT2D eigenvalue weighted by Gasteiger charge is 2.32. The number of hydrogen-bond acceptors (Lipinski definition) is 3. The van der Waals surface area contributed by atoms with Gasteiger partial charge in [-0.1, -0.05) is 18.2 Å². The van der Waals surface area contributed by atoms with Gasteiger partial charge in [0.05, 0.1) is 6.54 Å². The van der Waals surface area contributed by atoms with Crippen molar-refractivity contribution in [1.82, 2.24) is 9.80 Å². The van der Waals surface area contributed by atoms with E-state index in [1.54, 1.807) is 11.0 Å². The zero-order valence-electron chi connectivity index (χ0n) is 12.3. The van der Waals surface area contributed by atoms with Gasteiger partial charge in [0.1, 0.15) is 0 Å². The molecule has 0 aliphatic carbocycles. The number of rotatable bonds is 4. The lowest BCUT2D eigenvalue weighted by Crippen LogP contribution is -2.50. The van der Waals surface area contributed by atoms with Gasteiger partial charge in [-0.15, -0.1) is 0 Å². The molecule has 0 aromatic heterocycles. The van der Waals surface area contributed by atoms with Gasteiger partial charge in [-0.2, -0.15) is 13.2 Å². The number of piperazine rings is 1. The first-order chi connectivity index (χ1) is 10.3. The summed E-state index contributed by atoms with van der Waals surface area (Å²) in [6, 6.07) is 7.37. The van der Waals surface area contributed by atoms with E-state index in [1.165, 1.54) is 4.90 Å². The van der Waals surface area contributed by atoms with Gasteiger partial charge < -0.3 is 10.6 Å². The first-order valence-corrected chi connectivity index (χ1v) is 7.25. The van der Waals surface area contributed by atoms with Crippen molar-refractivity contribution in [3.8, 4) is 0 Å². The van der Waals surface area contributed by atoms with Crippen LogP contribution in [-0.4, -0.2) is 54.6 Å². The number of nitrogen functional groups attached to an aromatic ring is 1. The SMILES string of the molecule is Nc1ccccc1CCC(=O)N1CCN(CC(F)(F)F)CC1. The van der Waals surface area contributed by atoms with Crippen molar-refractivity contribution in [2.45, 2.75) is 19.0 Å². The van der Waals surface area contributed by atoms with Crippen LogP contribution in [0.3, 0.4) is 0 Å². The Kier molecular flexibility index (Phi) is 5.28. The Labute approximate surface area is 127 Å². The van der Waals surface area contributed by atoms with Crippen molar-refractivity contribution in [2.24, 2.45) is 0 Å². The van der Waals surface area contributed by atoms with Crippen molar-refractivity contribution in [1.29, 1.82) is 0 Å². The molecule has 1 aliphatic heterocycles. The van der Waals surface area contributed by atoms with E-state index in [0.717, 1.165) is 5.56 Å². The molecule has 0 bridgehead atoms. The maximum Gasteiger partial charge on any atom is 0.401 e. The minimum absolute atomic E-state index is 0.0325. The summed E-state index contributed by atoms with van der Waals surface area (Å²) in [5, 5.41) is 0. The second-order valence-corrected chi connectivity index (χ2v) is 5.47. The third-order valence-electron chi connectivity index (χ3n) is 3.79. The largest absolute Gasteiger partial charge is 0.401 e. The van der Waals surface area contributed by atoms with Crippen LogP contribution in [0.15, 0.2) is 24.3 Å². The molecule has 1 saturated heterocycles. The summed E-state index contributed by atoms with van der Waals surface area (Å²) in [7, 11) is 0. The number of amides is 1. The molecule has 0 radical (unpaired) electrons. The van der Waals surface area contributed by atoms with Crippen LogP contribution in [-0.2, 0) is 11.2 Å². The fourth-order valence-corrected chi connectivity index (χ4v) is 2.57. The first kappa shape index (κ1) is 16.6. The number of carbonyl (C=O) groups excluding carboxylic acids is 1. The van der Waals surface area contributed by atoms with Crippen LogP contribution >= 0.6 is 0 Å². The summed E-state index contributed by atoms with van der Waals surface area (Å²) in [4.78, 5) is 15.1. The van der Waals surface area contributed by atoms with Gasteiger partial charge in [0.25, 0.3) is 0 Å². The number of alkyl halides is 3. The van der Waals surface area contributed by atoms with Gasteiger partial charge in [0.2, 0.25) is 5.91 Å². The van der Waals surface area contributed by atoms with Crippen LogP contribution in [0.5, 0.6) is 0 Å². The second kappa shape index (κ2) is 7.00. The maximum atomic E-state index is 12.3. The summed E-state index contributed by atoms with van der Waals surface area (Å²) in [6.45, 7) is 0.311. The third-order valence-corrected chi connectivity index (χ3v) is 3.79. The number of benzene rings is 1.